The van der Waals surface area contributed by atoms with Gasteiger partial charge in [0.1, 0.15) is 0 Å². The van der Waals surface area contributed by atoms with Crippen molar-refractivity contribution in [1.82, 2.24) is 0 Å². The smallest absolute Gasteiger partial charge is 0.0713 e. The zero-order valence-electron chi connectivity index (χ0n) is 36.3. The van der Waals surface area contributed by atoms with Gasteiger partial charge < -0.3 is 4.90 Å². The van der Waals surface area contributed by atoms with Crippen LogP contribution in [0.5, 0.6) is 0 Å². The van der Waals surface area contributed by atoms with E-state index in [4.69, 9.17) is 0 Å². The molecule has 61 heavy (non-hydrogen) atoms. The highest BCUT2D eigenvalue weighted by molar-refractivity contribution is 5.93. The summed E-state index contributed by atoms with van der Waals surface area (Å²) in [5.41, 5.74) is 21.9. The highest BCUT2D eigenvalue weighted by Crippen LogP contribution is 2.60. The van der Waals surface area contributed by atoms with Crippen molar-refractivity contribution < 1.29 is 0 Å². The average molecular weight is 788 g/mol. The first-order valence-corrected chi connectivity index (χ1v) is 22.1. The Morgan fingerprint density at radius 1 is 0.361 bits per heavy atom. The van der Waals surface area contributed by atoms with E-state index in [2.05, 4.69) is 234 Å². The van der Waals surface area contributed by atoms with Gasteiger partial charge in [0.15, 0.2) is 0 Å². The molecule has 11 rings (SSSR count). The molecule has 0 bridgehead atoms. The van der Waals surface area contributed by atoms with Gasteiger partial charge in [0.05, 0.1) is 11.1 Å². The molecule has 0 saturated carbocycles. The van der Waals surface area contributed by atoms with Gasteiger partial charge in [-0.05, 0) is 144 Å². The summed E-state index contributed by atoms with van der Waals surface area (Å²) in [4.78, 5) is 2.48. The van der Waals surface area contributed by atoms with Gasteiger partial charge in [-0.15, -0.1) is 0 Å². The fraction of sp³-hybridized carbons (Fsp3) is 0.200. The maximum absolute atomic E-state index is 2.63. The summed E-state index contributed by atoms with van der Waals surface area (Å²) in [5, 5.41) is 0. The quantitative estimate of drug-likeness (QED) is 0.162. The third-order valence-electron chi connectivity index (χ3n) is 14.8. The van der Waals surface area contributed by atoms with Crippen LogP contribution in [0.2, 0.25) is 0 Å². The normalized spacial score (nSPS) is 16.8. The second-order valence-corrected chi connectivity index (χ2v) is 19.5. The monoisotopic (exact) mass is 787 g/mol. The standard InChI is InChI=1S/C60H53N/c1-57(2)34-35-58(3,4)54-39-52-49(38-53(54)57)48-37-41(32-33-51(48)60(52,42-21-10-7-11-22-42)43-23-12-8-13-24-43)40-20-18-27-45(36-40)61(44-25-14-9-15-26-44)55-31-19-29-47-46-28-16-17-30-50(46)59(5,6)56(47)55/h7-33,36-39H,34-35H2,1-6H3. The van der Waals surface area contributed by atoms with Gasteiger partial charge in [-0.3, -0.25) is 0 Å². The van der Waals surface area contributed by atoms with Crippen LogP contribution in [-0.4, -0.2) is 0 Å². The first-order chi connectivity index (χ1) is 29.5. The molecule has 0 atom stereocenters. The molecule has 0 fully saturated rings. The van der Waals surface area contributed by atoms with Crippen molar-refractivity contribution in [3.63, 3.8) is 0 Å². The molecule has 0 saturated heterocycles. The van der Waals surface area contributed by atoms with Crippen LogP contribution in [0.25, 0.3) is 33.4 Å². The Hall–Kier alpha value is -6.44. The summed E-state index contributed by atoms with van der Waals surface area (Å²) in [6.07, 6.45) is 2.36. The van der Waals surface area contributed by atoms with Crippen molar-refractivity contribution in [1.29, 1.82) is 0 Å². The molecule has 3 aliphatic rings. The van der Waals surface area contributed by atoms with E-state index in [1.165, 1.54) is 96.4 Å². The topological polar surface area (TPSA) is 3.24 Å². The van der Waals surface area contributed by atoms with E-state index in [-0.39, 0.29) is 16.2 Å². The van der Waals surface area contributed by atoms with Crippen molar-refractivity contribution in [2.75, 3.05) is 4.90 Å². The van der Waals surface area contributed by atoms with E-state index in [0.717, 1.165) is 11.4 Å². The first kappa shape index (κ1) is 37.6. The molecule has 8 aromatic rings. The largest absolute Gasteiger partial charge is 0.310 e. The predicted molar refractivity (Wildman–Crippen MR) is 257 cm³/mol. The van der Waals surface area contributed by atoms with Crippen LogP contribution in [0.3, 0.4) is 0 Å². The fourth-order valence-electron chi connectivity index (χ4n) is 11.6. The van der Waals surface area contributed by atoms with Crippen LogP contribution in [0, 0.1) is 0 Å². The molecule has 1 heteroatoms. The van der Waals surface area contributed by atoms with E-state index in [0.29, 0.717) is 0 Å². The Morgan fingerprint density at radius 2 is 0.902 bits per heavy atom. The van der Waals surface area contributed by atoms with Gasteiger partial charge in [0.25, 0.3) is 0 Å². The van der Waals surface area contributed by atoms with E-state index < -0.39 is 5.41 Å². The minimum absolute atomic E-state index is 0.0842. The third-order valence-corrected chi connectivity index (χ3v) is 14.8. The van der Waals surface area contributed by atoms with E-state index in [1.54, 1.807) is 0 Å². The number of rotatable bonds is 6. The van der Waals surface area contributed by atoms with Gasteiger partial charge in [-0.1, -0.05) is 187 Å². The van der Waals surface area contributed by atoms with Crippen LogP contribution >= 0.6 is 0 Å². The molecular formula is C60H53N. The summed E-state index contributed by atoms with van der Waals surface area (Å²) in [6.45, 7) is 14.6. The maximum Gasteiger partial charge on any atom is 0.0713 e. The van der Waals surface area contributed by atoms with Crippen LogP contribution in [0.4, 0.5) is 17.1 Å². The molecule has 3 aliphatic carbocycles. The lowest BCUT2D eigenvalue weighted by atomic mass is 9.61. The van der Waals surface area contributed by atoms with Gasteiger partial charge in [-0.2, -0.15) is 0 Å². The van der Waals surface area contributed by atoms with Crippen LogP contribution in [-0.2, 0) is 21.7 Å². The molecule has 8 aromatic carbocycles. The molecule has 0 heterocycles. The highest BCUT2D eigenvalue weighted by atomic mass is 15.1. The Labute approximate surface area is 362 Å². The average Bonchev–Trinajstić information content (AvgIpc) is 3.71. The third kappa shape index (κ3) is 5.52. The van der Waals surface area contributed by atoms with Gasteiger partial charge in [0, 0.05) is 16.8 Å². The molecule has 0 unspecified atom stereocenters. The van der Waals surface area contributed by atoms with Crippen molar-refractivity contribution in [2.45, 2.75) is 76.0 Å². The minimum Gasteiger partial charge on any atom is -0.310 e. The summed E-state index contributed by atoms with van der Waals surface area (Å²) in [5.74, 6) is 0. The first-order valence-electron chi connectivity index (χ1n) is 22.1. The molecule has 0 spiro atoms. The zero-order chi connectivity index (χ0) is 41.7. The zero-order valence-corrected chi connectivity index (χ0v) is 36.3. The lowest BCUT2D eigenvalue weighted by molar-refractivity contribution is 0.331. The Kier molecular flexibility index (Phi) is 8.33. The van der Waals surface area contributed by atoms with E-state index in [9.17, 15) is 0 Å². The van der Waals surface area contributed by atoms with Crippen LogP contribution in [0.15, 0.2) is 188 Å². The molecule has 0 amide bonds. The Bertz CT molecular complexity index is 2950. The van der Waals surface area contributed by atoms with Crippen molar-refractivity contribution in [3.8, 4) is 33.4 Å². The maximum atomic E-state index is 2.63. The molecule has 0 radical (unpaired) electrons. The second-order valence-electron chi connectivity index (χ2n) is 19.5. The van der Waals surface area contributed by atoms with Crippen LogP contribution < -0.4 is 4.90 Å². The summed E-state index contributed by atoms with van der Waals surface area (Å²) >= 11 is 0. The van der Waals surface area contributed by atoms with Crippen molar-refractivity contribution in [3.05, 3.63) is 233 Å². The van der Waals surface area contributed by atoms with Crippen molar-refractivity contribution in [2.24, 2.45) is 0 Å². The molecule has 1 nitrogen and oxygen atoms in total. The minimum atomic E-state index is -0.456. The van der Waals surface area contributed by atoms with Gasteiger partial charge in [-0.25, -0.2) is 0 Å². The number of nitrogens with zero attached hydrogens (tertiary/aromatic N) is 1. The van der Waals surface area contributed by atoms with E-state index in [1.807, 2.05) is 0 Å². The molecule has 0 aliphatic heterocycles. The number of hydrogen-bond donors (Lipinski definition) is 0. The molecule has 0 aromatic heterocycles. The van der Waals surface area contributed by atoms with E-state index >= 15 is 0 Å². The Morgan fingerprint density at radius 3 is 1.59 bits per heavy atom. The second kappa shape index (κ2) is 13.5. The number of benzene rings is 8. The lowest BCUT2D eigenvalue weighted by Crippen LogP contribution is -2.35. The van der Waals surface area contributed by atoms with Gasteiger partial charge in [0.2, 0.25) is 0 Å². The lowest BCUT2D eigenvalue weighted by Gasteiger charge is -2.43. The fourth-order valence-corrected chi connectivity index (χ4v) is 11.6. The summed E-state index contributed by atoms with van der Waals surface area (Å²) < 4.78 is 0. The molecule has 298 valence electrons. The summed E-state index contributed by atoms with van der Waals surface area (Å²) in [7, 11) is 0. The highest BCUT2D eigenvalue weighted by Gasteiger charge is 2.49. The number of fused-ring (bicyclic) bond motifs is 7. The number of anilines is 3. The molecule has 0 N–H and O–H groups in total. The van der Waals surface area contributed by atoms with Gasteiger partial charge >= 0.3 is 0 Å². The van der Waals surface area contributed by atoms with Crippen LogP contribution in [0.1, 0.15) is 98.9 Å². The number of hydrogen-bond acceptors (Lipinski definition) is 1. The number of para-hydroxylation sites is 1. The van der Waals surface area contributed by atoms with Crippen molar-refractivity contribution >= 4 is 17.1 Å². The predicted octanol–water partition coefficient (Wildman–Crippen LogP) is 15.8. The molecular weight excluding hydrogens is 735 g/mol. The SMILES string of the molecule is CC1(C)CCC(C)(C)c2cc3c(cc21)-c1cc(-c2cccc(N(c4ccccc4)c4cccc5c4C(C)(C)c4ccccc4-5)c2)ccc1C3(c1ccccc1)c1ccccc1. The summed E-state index contributed by atoms with van der Waals surface area (Å²) in [6, 6.07) is 71.0. The Balaban J connectivity index is 1.13.